The predicted molar refractivity (Wildman–Crippen MR) is 158 cm³/mol. The van der Waals surface area contributed by atoms with Crippen LogP contribution in [0.25, 0.3) is 16.8 Å². The number of nitrogen functional groups attached to an aromatic ring is 1. The van der Waals surface area contributed by atoms with E-state index in [1.54, 1.807) is 48.7 Å². The third-order valence-corrected chi connectivity index (χ3v) is 6.67. The van der Waals surface area contributed by atoms with Crippen LogP contribution >= 0.6 is 0 Å². The smallest absolute Gasteiger partial charge is 0.410 e. The molecule has 224 valence electrons. The topological polar surface area (TPSA) is 126 Å². The number of nitrogens with zero attached hydrogens (tertiary/aromatic N) is 7. The second-order valence-corrected chi connectivity index (χ2v) is 10.8. The molecule has 0 spiro atoms. The number of amides is 1. The summed E-state index contributed by atoms with van der Waals surface area (Å²) in [5, 5.41) is 12.9. The van der Waals surface area contributed by atoms with Crippen LogP contribution in [0, 0.1) is 5.82 Å². The van der Waals surface area contributed by atoms with Gasteiger partial charge in [0.05, 0.1) is 30.3 Å². The molecule has 2 N–H and O–H groups in total. The van der Waals surface area contributed by atoms with Gasteiger partial charge in [-0.1, -0.05) is 13.8 Å². The third-order valence-electron chi connectivity index (χ3n) is 6.67. The van der Waals surface area contributed by atoms with Crippen molar-refractivity contribution in [1.29, 1.82) is 0 Å². The summed E-state index contributed by atoms with van der Waals surface area (Å²) >= 11 is 0. The Bertz CT molecular complexity index is 1470. The fraction of sp³-hybridized carbons (Fsp3) is 0.433. The number of hydrogen-bond acceptors (Lipinski definition) is 8. The Kier molecular flexibility index (Phi) is 9.44. The number of anilines is 1. The molecule has 5 rings (SSSR count). The lowest BCUT2D eigenvalue weighted by atomic mass is 10.1. The minimum atomic E-state index is -0.575. The molecule has 1 unspecified atom stereocenters. The molecule has 4 heterocycles. The van der Waals surface area contributed by atoms with Crippen LogP contribution in [0.3, 0.4) is 0 Å². The van der Waals surface area contributed by atoms with Gasteiger partial charge in [-0.15, -0.1) is 0 Å². The number of nitrogens with two attached hydrogens (primary N) is 1. The summed E-state index contributed by atoms with van der Waals surface area (Å²) in [7, 11) is 0. The van der Waals surface area contributed by atoms with Crippen molar-refractivity contribution < 1.29 is 18.7 Å². The molecular formula is C30H39FN8O3. The first-order chi connectivity index (χ1) is 20.1. The minimum Gasteiger partial charge on any atom is -0.482 e. The molecule has 42 heavy (non-hydrogen) atoms. The zero-order valence-electron chi connectivity index (χ0n) is 25.0. The SMILES string of the molecule is CC.CC(Oc1cc(-c2cnn(C3CCN(C(=O)OC(C)(C)C)CC3)c2)cnc1N)c1cc(F)ccc1-n1nccn1. The van der Waals surface area contributed by atoms with E-state index < -0.39 is 17.5 Å². The average Bonchev–Trinajstić information content (AvgIpc) is 3.68. The average molecular weight is 579 g/mol. The molecule has 1 aromatic carbocycles. The summed E-state index contributed by atoms with van der Waals surface area (Å²) in [6, 6.07) is 6.32. The molecule has 0 saturated carbocycles. The number of carbonyl (C=O) groups is 1. The van der Waals surface area contributed by atoms with Crippen molar-refractivity contribution in [2.24, 2.45) is 0 Å². The Hall–Kier alpha value is -4.48. The number of rotatable bonds is 6. The van der Waals surface area contributed by atoms with Crippen LogP contribution in [0.2, 0.25) is 0 Å². The van der Waals surface area contributed by atoms with Crippen molar-refractivity contribution in [3.05, 3.63) is 66.6 Å². The quantitative estimate of drug-likeness (QED) is 0.296. The molecule has 0 radical (unpaired) electrons. The van der Waals surface area contributed by atoms with Gasteiger partial charge in [-0.3, -0.25) is 4.68 Å². The lowest BCUT2D eigenvalue weighted by Gasteiger charge is -2.33. The molecule has 4 aromatic rings. The van der Waals surface area contributed by atoms with Gasteiger partial charge in [0.25, 0.3) is 0 Å². The molecule has 12 heteroatoms. The lowest BCUT2D eigenvalue weighted by Crippen LogP contribution is -2.42. The summed E-state index contributed by atoms with van der Waals surface area (Å²) in [6.07, 6.45) is 9.18. The first kappa shape index (κ1) is 30.5. The standard InChI is InChI=1S/C28H33FN8O3.C2H6/c1-18(23-14-21(29)5-6-24(23)37-32-9-10-33-37)39-25-13-19(15-31-26(25)30)20-16-34-36(17-20)22-7-11-35(12-8-22)27(38)40-28(2,3)4;1-2/h5-6,9-10,13-18,22H,7-8,11-12H2,1-4H3,(H2,30,31);1-2H3. The molecule has 1 aliphatic rings. The number of hydrogen-bond donors (Lipinski definition) is 1. The summed E-state index contributed by atoms with van der Waals surface area (Å²) < 4.78 is 27.8. The highest BCUT2D eigenvalue weighted by molar-refractivity contribution is 5.68. The first-order valence-electron chi connectivity index (χ1n) is 14.2. The normalized spacial score (nSPS) is 14.6. The van der Waals surface area contributed by atoms with Crippen LogP contribution in [0.15, 0.2) is 55.2 Å². The van der Waals surface area contributed by atoms with Gasteiger partial charge >= 0.3 is 6.09 Å². The van der Waals surface area contributed by atoms with Gasteiger partial charge in [0, 0.05) is 42.2 Å². The summed E-state index contributed by atoms with van der Waals surface area (Å²) in [4.78, 5) is 19.9. The molecular weight excluding hydrogens is 539 g/mol. The second-order valence-electron chi connectivity index (χ2n) is 10.8. The van der Waals surface area contributed by atoms with E-state index in [1.165, 1.54) is 16.9 Å². The second kappa shape index (κ2) is 13.0. The molecule has 1 saturated heterocycles. The number of halogens is 1. The van der Waals surface area contributed by atoms with Crippen molar-refractivity contribution in [3.8, 4) is 22.6 Å². The van der Waals surface area contributed by atoms with Crippen molar-refractivity contribution in [3.63, 3.8) is 0 Å². The van der Waals surface area contributed by atoms with Gasteiger partial charge in [-0.25, -0.2) is 14.2 Å². The van der Waals surface area contributed by atoms with E-state index >= 15 is 0 Å². The van der Waals surface area contributed by atoms with Gasteiger partial charge in [-0.2, -0.15) is 20.1 Å². The van der Waals surface area contributed by atoms with Crippen molar-refractivity contribution in [2.45, 2.75) is 72.1 Å². The van der Waals surface area contributed by atoms with Crippen LogP contribution < -0.4 is 10.5 Å². The number of piperidine rings is 1. The maximum absolute atomic E-state index is 14.2. The monoisotopic (exact) mass is 578 g/mol. The number of likely N-dealkylation sites (tertiary alicyclic amines) is 1. The van der Waals surface area contributed by atoms with Crippen molar-refractivity contribution in [1.82, 2.24) is 34.7 Å². The molecule has 0 aliphatic carbocycles. The van der Waals surface area contributed by atoms with E-state index in [0.29, 0.717) is 30.1 Å². The molecule has 0 bridgehead atoms. The number of pyridine rings is 1. The third kappa shape index (κ3) is 7.23. The van der Waals surface area contributed by atoms with E-state index in [1.807, 2.05) is 45.5 Å². The van der Waals surface area contributed by atoms with Crippen molar-refractivity contribution in [2.75, 3.05) is 18.8 Å². The molecule has 1 aliphatic heterocycles. The number of carbonyl (C=O) groups excluding carboxylic acids is 1. The van der Waals surface area contributed by atoms with E-state index in [-0.39, 0.29) is 18.0 Å². The Labute approximate surface area is 245 Å². The van der Waals surface area contributed by atoms with Crippen LogP contribution in [0.4, 0.5) is 15.0 Å². The Morgan fingerprint density at radius 3 is 2.40 bits per heavy atom. The maximum atomic E-state index is 14.2. The minimum absolute atomic E-state index is 0.159. The van der Waals surface area contributed by atoms with Gasteiger partial charge in [-0.05, 0) is 64.8 Å². The van der Waals surface area contributed by atoms with E-state index in [0.717, 1.165) is 24.0 Å². The Balaban J connectivity index is 0.00000198. The van der Waals surface area contributed by atoms with E-state index in [9.17, 15) is 9.18 Å². The Morgan fingerprint density at radius 1 is 1.05 bits per heavy atom. The fourth-order valence-corrected chi connectivity index (χ4v) is 4.66. The maximum Gasteiger partial charge on any atom is 0.410 e. The van der Waals surface area contributed by atoms with Gasteiger partial charge in [0.1, 0.15) is 17.5 Å². The number of ether oxygens (including phenoxy) is 2. The number of benzene rings is 1. The summed E-state index contributed by atoms with van der Waals surface area (Å²) in [6.45, 7) is 12.6. The van der Waals surface area contributed by atoms with Gasteiger partial charge in [0.2, 0.25) is 0 Å². The molecule has 1 atom stereocenters. The number of aromatic nitrogens is 6. The van der Waals surface area contributed by atoms with Gasteiger partial charge in [0.15, 0.2) is 11.6 Å². The zero-order chi connectivity index (χ0) is 30.4. The molecule has 1 amide bonds. The summed E-state index contributed by atoms with van der Waals surface area (Å²) in [5.41, 5.74) is 8.42. The highest BCUT2D eigenvalue weighted by Crippen LogP contribution is 2.33. The van der Waals surface area contributed by atoms with Gasteiger partial charge < -0.3 is 20.1 Å². The van der Waals surface area contributed by atoms with Crippen molar-refractivity contribution >= 4 is 11.9 Å². The van der Waals surface area contributed by atoms with Crippen LogP contribution in [0.1, 0.15) is 72.1 Å². The first-order valence-corrected chi connectivity index (χ1v) is 14.2. The highest BCUT2D eigenvalue weighted by atomic mass is 19.1. The van der Waals surface area contributed by atoms with Crippen LogP contribution in [0.5, 0.6) is 5.75 Å². The summed E-state index contributed by atoms with van der Waals surface area (Å²) in [5.74, 6) is 0.185. The van der Waals surface area contributed by atoms with Crippen LogP contribution in [-0.2, 0) is 4.74 Å². The lowest BCUT2D eigenvalue weighted by molar-refractivity contribution is 0.0185. The predicted octanol–water partition coefficient (Wildman–Crippen LogP) is 5.99. The molecule has 3 aromatic heterocycles. The molecule has 1 fully saturated rings. The van der Waals surface area contributed by atoms with E-state index in [4.69, 9.17) is 15.2 Å². The largest absolute Gasteiger partial charge is 0.482 e. The van der Waals surface area contributed by atoms with E-state index in [2.05, 4.69) is 20.3 Å². The fourth-order valence-electron chi connectivity index (χ4n) is 4.66. The zero-order valence-corrected chi connectivity index (χ0v) is 25.0. The van der Waals surface area contributed by atoms with Crippen LogP contribution in [-0.4, -0.2) is 59.4 Å². The molecule has 11 nitrogen and oxygen atoms in total. The highest BCUT2D eigenvalue weighted by Gasteiger charge is 2.28. The Morgan fingerprint density at radius 2 is 1.74 bits per heavy atom.